The summed E-state index contributed by atoms with van der Waals surface area (Å²) < 4.78 is 1.25. The van der Waals surface area contributed by atoms with E-state index in [9.17, 15) is 10.4 Å². The van der Waals surface area contributed by atoms with Gasteiger partial charge in [-0.25, -0.2) is 0 Å². The average Bonchev–Trinajstić information content (AvgIpc) is 2.15. The van der Waals surface area contributed by atoms with Gasteiger partial charge in [0.15, 0.2) is 0 Å². The fraction of sp³-hybridized carbons (Fsp3) is 0. The van der Waals surface area contributed by atoms with E-state index in [1.54, 1.807) is 24.3 Å². The van der Waals surface area contributed by atoms with Crippen LogP contribution < -0.4 is 9.46 Å². The first-order valence-corrected chi connectivity index (χ1v) is 4.08. The summed E-state index contributed by atoms with van der Waals surface area (Å²) in [7, 11) is 0. The average molecular weight is 194 g/mol. The first-order valence-electron chi connectivity index (χ1n) is 3.63. The summed E-state index contributed by atoms with van der Waals surface area (Å²) in [5.74, 6) is 0. The van der Waals surface area contributed by atoms with Gasteiger partial charge in [0.05, 0.1) is 0 Å². The van der Waals surface area contributed by atoms with Crippen molar-refractivity contribution in [1.82, 2.24) is 0 Å². The van der Waals surface area contributed by atoms with Crippen LogP contribution in [-0.4, -0.2) is 0 Å². The molecule has 1 aromatic heterocycles. The van der Waals surface area contributed by atoms with E-state index >= 15 is 0 Å². The molecule has 4 nitrogen and oxygen atoms in total. The predicted octanol–water partition coefficient (Wildman–Crippen LogP) is 0.395. The summed E-state index contributed by atoms with van der Waals surface area (Å²) >= 11 is 3.87. The number of rotatable bonds is 0. The van der Waals surface area contributed by atoms with Crippen LogP contribution in [0.25, 0.3) is 11.0 Å². The highest BCUT2D eigenvalue weighted by Crippen LogP contribution is 2.06. The van der Waals surface area contributed by atoms with E-state index in [2.05, 4.69) is 12.6 Å². The van der Waals surface area contributed by atoms with Gasteiger partial charge in [-0.1, -0.05) is 24.8 Å². The second-order valence-electron chi connectivity index (χ2n) is 2.60. The van der Waals surface area contributed by atoms with Crippen LogP contribution in [0.1, 0.15) is 0 Å². The molecular formula is C8H6N2O2S. The molecule has 0 atom stereocenters. The fourth-order valence-corrected chi connectivity index (χ4v) is 1.39. The minimum absolute atomic E-state index is 0.0914. The van der Waals surface area contributed by atoms with E-state index in [1.807, 2.05) is 0 Å². The Morgan fingerprint density at radius 3 is 2.38 bits per heavy atom. The summed E-state index contributed by atoms with van der Waals surface area (Å²) in [5.41, 5.74) is 0.667. The Bertz CT molecular complexity index is 473. The fourth-order valence-electron chi connectivity index (χ4n) is 1.17. The Morgan fingerprint density at radius 1 is 1.08 bits per heavy atom. The molecule has 0 saturated heterocycles. The van der Waals surface area contributed by atoms with Gasteiger partial charge in [0.2, 0.25) is 0 Å². The molecule has 0 unspecified atom stereocenters. The van der Waals surface area contributed by atoms with Crippen LogP contribution in [0.5, 0.6) is 0 Å². The SMILES string of the molecule is [O-][n+]1cc(S)[n+]([O-])c2ccccc21. The molecule has 0 fully saturated rings. The highest BCUT2D eigenvalue weighted by atomic mass is 32.1. The van der Waals surface area contributed by atoms with Gasteiger partial charge in [-0.15, -0.1) is 4.73 Å². The Morgan fingerprint density at radius 2 is 1.69 bits per heavy atom. The highest BCUT2D eigenvalue weighted by Gasteiger charge is 2.15. The first-order chi connectivity index (χ1) is 6.20. The topological polar surface area (TPSA) is 53.9 Å². The Kier molecular flexibility index (Phi) is 1.73. The lowest BCUT2D eigenvalue weighted by molar-refractivity contribution is -0.659. The third-order valence-corrected chi connectivity index (χ3v) is 2.08. The molecule has 0 amide bonds. The summed E-state index contributed by atoms with van der Waals surface area (Å²) in [5, 5.41) is 22.7. The van der Waals surface area contributed by atoms with E-state index in [1.165, 1.54) is 0 Å². The smallest absolute Gasteiger partial charge is 0.314 e. The Balaban J connectivity index is 2.97. The minimum Gasteiger partial charge on any atom is -0.618 e. The van der Waals surface area contributed by atoms with Crippen molar-refractivity contribution in [3.05, 3.63) is 40.9 Å². The molecule has 2 aromatic rings. The van der Waals surface area contributed by atoms with Crippen molar-refractivity contribution in [3.63, 3.8) is 0 Å². The van der Waals surface area contributed by atoms with Gasteiger partial charge in [0.25, 0.3) is 17.2 Å². The summed E-state index contributed by atoms with van der Waals surface area (Å²) in [4.78, 5) is 0. The van der Waals surface area contributed by atoms with Crippen molar-refractivity contribution >= 4 is 23.7 Å². The highest BCUT2D eigenvalue weighted by molar-refractivity contribution is 7.80. The van der Waals surface area contributed by atoms with Gasteiger partial charge in [0, 0.05) is 12.1 Å². The maximum atomic E-state index is 11.4. The molecule has 0 bridgehead atoms. The number of nitrogens with zero attached hydrogens (tertiary/aromatic N) is 2. The van der Waals surface area contributed by atoms with Crippen molar-refractivity contribution in [2.45, 2.75) is 5.03 Å². The van der Waals surface area contributed by atoms with E-state index in [4.69, 9.17) is 0 Å². The summed E-state index contributed by atoms with van der Waals surface area (Å²) in [6.07, 6.45) is 1.14. The van der Waals surface area contributed by atoms with Crippen molar-refractivity contribution < 1.29 is 9.46 Å². The lowest BCUT2D eigenvalue weighted by atomic mass is 10.3. The molecule has 5 heteroatoms. The number of aromatic nitrogens is 2. The van der Waals surface area contributed by atoms with E-state index < -0.39 is 0 Å². The number of para-hydroxylation sites is 2. The zero-order valence-electron chi connectivity index (χ0n) is 6.54. The van der Waals surface area contributed by atoms with Gasteiger partial charge in [0.1, 0.15) is 0 Å². The third kappa shape index (κ3) is 1.17. The summed E-state index contributed by atoms with van der Waals surface area (Å²) in [6, 6.07) is 6.57. The molecule has 0 spiro atoms. The maximum Gasteiger partial charge on any atom is 0.314 e. The van der Waals surface area contributed by atoms with Gasteiger partial charge in [-0.05, 0) is 0 Å². The lowest BCUT2D eigenvalue weighted by Crippen LogP contribution is -2.38. The largest absolute Gasteiger partial charge is 0.618 e. The number of thiol groups is 1. The van der Waals surface area contributed by atoms with Crippen molar-refractivity contribution in [2.24, 2.45) is 0 Å². The van der Waals surface area contributed by atoms with Gasteiger partial charge in [-0.3, -0.25) is 0 Å². The van der Waals surface area contributed by atoms with Crippen LogP contribution in [0.3, 0.4) is 0 Å². The van der Waals surface area contributed by atoms with Gasteiger partial charge >= 0.3 is 5.03 Å². The van der Waals surface area contributed by atoms with E-state index in [0.717, 1.165) is 6.20 Å². The predicted molar refractivity (Wildman–Crippen MR) is 49.1 cm³/mol. The molecule has 13 heavy (non-hydrogen) atoms. The molecule has 0 saturated carbocycles. The zero-order valence-corrected chi connectivity index (χ0v) is 7.44. The van der Waals surface area contributed by atoms with Crippen molar-refractivity contribution in [3.8, 4) is 0 Å². The molecule has 0 N–H and O–H groups in total. The molecule has 2 rings (SSSR count). The second-order valence-corrected chi connectivity index (χ2v) is 3.05. The molecule has 0 aliphatic heterocycles. The van der Waals surface area contributed by atoms with Crippen LogP contribution >= 0.6 is 12.6 Å². The number of hydrogen-bond acceptors (Lipinski definition) is 3. The number of benzene rings is 1. The van der Waals surface area contributed by atoms with Gasteiger partial charge in [-0.2, -0.15) is 4.73 Å². The lowest BCUT2D eigenvalue weighted by Gasteiger charge is -2.03. The zero-order chi connectivity index (χ0) is 9.42. The maximum absolute atomic E-state index is 11.4. The normalized spacial score (nSPS) is 10.5. The standard InChI is InChI=1S/C8H6N2O2S/c11-9-5-8(13)10(12)7-4-2-1-3-6(7)9/h1-5,13H. The molecule has 1 aromatic carbocycles. The number of fused-ring (bicyclic) bond motifs is 1. The van der Waals surface area contributed by atoms with Crippen LogP contribution in [0.15, 0.2) is 35.5 Å². The Labute approximate surface area is 79.6 Å². The molecule has 0 radical (unpaired) electrons. The van der Waals surface area contributed by atoms with Crippen molar-refractivity contribution in [2.75, 3.05) is 0 Å². The minimum atomic E-state index is 0.0914. The molecule has 1 heterocycles. The van der Waals surface area contributed by atoms with Crippen LogP contribution in [0.2, 0.25) is 0 Å². The quantitative estimate of drug-likeness (QED) is 0.375. The second kappa shape index (κ2) is 2.77. The first kappa shape index (κ1) is 8.12. The monoisotopic (exact) mass is 194 g/mol. The van der Waals surface area contributed by atoms with Crippen molar-refractivity contribution in [1.29, 1.82) is 0 Å². The molecule has 0 aliphatic rings. The summed E-state index contributed by atoms with van der Waals surface area (Å²) in [6.45, 7) is 0. The number of hydrogen-bond donors (Lipinski definition) is 1. The molecule has 0 aliphatic carbocycles. The molecular weight excluding hydrogens is 188 g/mol. The van der Waals surface area contributed by atoms with Crippen LogP contribution in [0.4, 0.5) is 0 Å². The molecule has 66 valence electrons. The van der Waals surface area contributed by atoms with Crippen LogP contribution in [-0.2, 0) is 0 Å². The Hall–Kier alpha value is -1.49. The van der Waals surface area contributed by atoms with Gasteiger partial charge < -0.3 is 10.4 Å². The third-order valence-electron chi connectivity index (χ3n) is 1.78. The van der Waals surface area contributed by atoms with Crippen LogP contribution in [0, 0.1) is 10.4 Å². The van der Waals surface area contributed by atoms with E-state index in [-0.39, 0.29) is 5.03 Å². The van der Waals surface area contributed by atoms with E-state index in [0.29, 0.717) is 20.5 Å².